The Morgan fingerprint density at radius 2 is 0.481 bits per heavy atom. The largest absolute Gasteiger partial charge is 0.305 e. The Labute approximate surface area is 322 Å². The smallest absolute Gasteiger partial charge is 0.266 e. The molecular weight excluding hydrogens is 727 g/mol. The summed E-state index contributed by atoms with van der Waals surface area (Å²) in [5.41, 5.74) is 0. The second-order valence-electron chi connectivity index (χ2n) is 14.5. The van der Waals surface area contributed by atoms with E-state index in [1.54, 1.807) is 0 Å². The minimum absolute atomic E-state index is 0.165. The zero-order valence-corrected chi connectivity index (χ0v) is 36.7. The van der Waals surface area contributed by atoms with Crippen molar-refractivity contribution in [2.45, 2.75) is 162 Å². The number of hydrogen-bond acceptors (Lipinski definition) is 9. The van der Waals surface area contributed by atoms with Crippen LogP contribution in [0.3, 0.4) is 0 Å². The van der Waals surface area contributed by atoms with Crippen LogP contribution in [0.5, 0.6) is 0 Å². The summed E-state index contributed by atoms with van der Waals surface area (Å²) in [5.74, 6) is -0.500. The summed E-state index contributed by atoms with van der Waals surface area (Å²) < 4.78 is 89.1. The third-order valence-electron chi connectivity index (χ3n) is 8.87. The van der Waals surface area contributed by atoms with E-state index in [4.69, 9.17) is 13.7 Å². The first kappa shape index (κ1) is 55.9. The Morgan fingerprint density at radius 1 is 0.308 bits per heavy atom. The van der Waals surface area contributed by atoms with Crippen molar-refractivity contribution in [2.75, 3.05) is 77.7 Å². The molecule has 0 aliphatic carbocycles. The predicted octanol–water partition coefficient (Wildman–Crippen LogP) is 8.06. The number of nitrogens with zero attached hydrogens (tertiary/aromatic N) is 3. The molecule has 0 aliphatic rings. The van der Waals surface area contributed by atoms with Gasteiger partial charge in [0.05, 0.1) is 17.3 Å². The van der Waals surface area contributed by atoms with Gasteiger partial charge in [-0.05, 0) is 60.0 Å². The molecule has 0 saturated carbocycles. The number of rotatable bonds is 34. The minimum atomic E-state index is -3.81. The molecule has 0 heterocycles. The third kappa shape index (κ3) is 56.4. The predicted molar refractivity (Wildman–Crippen MR) is 220 cm³/mol. The van der Waals surface area contributed by atoms with Crippen LogP contribution in [-0.4, -0.2) is 131 Å². The summed E-state index contributed by atoms with van der Waals surface area (Å²) in [7, 11) is -5.75. The van der Waals surface area contributed by atoms with Crippen molar-refractivity contribution in [1.29, 1.82) is 0 Å². The SMILES string of the molecule is CCCCCCCCCCCCN(C)CCS(=O)(=O)O.CCCCCCCCN(C)CCS(=O)(=O)O.CCCCCCCCN(C)CCS(=O)(=O)O. The van der Waals surface area contributed by atoms with E-state index in [0.717, 1.165) is 38.9 Å². The Kier molecular flexibility index (Phi) is 40.4. The molecule has 318 valence electrons. The van der Waals surface area contributed by atoms with E-state index in [-0.39, 0.29) is 17.3 Å². The molecule has 0 spiro atoms. The van der Waals surface area contributed by atoms with Crippen molar-refractivity contribution in [3.05, 3.63) is 0 Å². The van der Waals surface area contributed by atoms with Gasteiger partial charge in [0, 0.05) is 19.6 Å². The van der Waals surface area contributed by atoms with E-state index >= 15 is 0 Å². The van der Waals surface area contributed by atoms with Gasteiger partial charge < -0.3 is 14.7 Å². The van der Waals surface area contributed by atoms with Gasteiger partial charge in [0.2, 0.25) is 0 Å². The topological polar surface area (TPSA) is 173 Å². The molecule has 0 fully saturated rings. The van der Waals surface area contributed by atoms with Gasteiger partial charge >= 0.3 is 0 Å². The van der Waals surface area contributed by atoms with Crippen molar-refractivity contribution in [3.8, 4) is 0 Å². The molecule has 12 nitrogen and oxygen atoms in total. The van der Waals surface area contributed by atoms with Crippen molar-refractivity contribution in [1.82, 2.24) is 14.7 Å². The molecule has 15 heteroatoms. The van der Waals surface area contributed by atoms with Crippen LogP contribution in [-0.2, 0) is 30.4 Å². The quantitative estimate of drug-likeness (QED) is 0.0422. The van der Waals surface area contributed by atoms with Gasteiger partial charge in [0.25, 0.3) is 30.4 Å². The maximum atomic E-state index is 10.6. The van der Waals surface area contributed by atoms with Crippen LogP contribution in [0.1, 0.15) is 162 Å². The molecular formula is C37H83N3O9S3. The normalized spacial score (nSPS) is 12.2. The van der Waals surface area contributed by atoms with Crippen LogP contribution >= 0.6 is 0 Å². The first-order valence-electron chi connectivity index (χ1n) is 20.3. The van der Waals surface area contributed by atoms with E-state index in [1.807, 2.05) is 35.8 Å². The van der Waals surface area contributed by atoms with Crippen molar-refractivity contribution >= 4 is 30.4 Å². The lowest BCUT2D eigenvalue weighted by atomic mass is 10.1. The highest BCUT2D eigenvalue weighted by atomic mass is 32.2. The Morgan fingerprint density at radius 3 is 0.654 bits per heavy atom. The lowest BCUT2D eigenvalue weighted by Gasteiger charge is -2.15. The lowest BCUT2D eigenvalue weighted by molar-refractivity contribution is 0.337. The van der Waals surface area contributed by atoms with Crippen LogP contribution in [0.15, 0.2) is 0 Å². The fraction of sp³-hybridized carbons (Fsp3) is 1.00. The van der Waals surface area contributed by atoms with E-state index in [9.17, 15) is 25.3 Å². The minimum Gasteiger partial charge on any atom is -0.305 e. The summed E-state index contributed by atoms with van der Waals surface area (Å²) in [6.07, 6.45) is 27.9. The van der Waals surface area contributed by atoms with Crippen LogP contribution in [0, 0.1) is 0 Å². The molecule has 0 amide bonds. The molecule has 0 radical (unpaired) electrons. The summed E-state index contributed by atoms with van der Waals surface area (Å²) in [6, 6.07) is 0. The van der Waals surface area contributed by atoms with Crippen molar-refractivity contribution < 1.29 is 38.9 Å². The standard InChI is InChI=1S/C15H33NO3S.2C11H25NO3S/c1-3-4-5-6-7-8-9-10-11-12-13-16(2)14-15-20(17,18)19;2*1-3-4-5-6-7-8-9-12(2)10-11-16(13,14)15/h3-15H2,1-2H3,(H,17,18,19);2*3-11H2,1-2H3,(H,13,14,15). The second kappa shape index (κ2) is 37.5. The highest BCUT2D eigenvalue weighted by molar-refractivity contribution is 7.86. The Bertz CT molecular complexity index is 1020. The van der Waals surface area contributed by atoms with Gasteiger partial charge in [-0.1, -0.05) is 143 Å². The monoisotopic (exact) mass is 810 g/mol. The third-order valence-corrected chi connectivity index (χ3v) is 11.0. The van der Waals surface area contributed by atoms with Gasteiger partial charge in [0.1, 0.15) is 0 Å². The lowest BCUT2D eigenvalue weighted by Crippen LogP contribution is -2.26. The van der Waals surface area contributed by atoms with Crippen LogP contribution in [0.25, 0.3) is 0 Å². The first-order chi connectivity index (χ1) is 24.4. The Balaban J connectivity index is -0.000000699. The molecule has 0 bridgehead atoms. The molecule has 0 aliphatic heterocycles. The fourth-order valence-electron chi connectivity index (χ4n) is 5.34. The van der Waals surface area contributed by atoms with Crippen LogP contribution in [0.4, 0.5) is 0 Å². The van der Waals surface area contributed by atoms with E-state index in [0.29, 0.717) is 19.6 Å². The number of unbranched alkanes of at least 4 members (excludes halogenated alkanes) is 19. The number of hydrogen-bond donors (Lipinski definition) is 3. The second-order valence-corrected chi connectivity index (χ2v) is 19.2. The average molecular weight is 810 g/mol. The van der Waals surface area contributed by atoms with E-state index in [1.165, 1.54) is 122 Å². The Hall–Kier alpha value is -0.390. The first-order valence-corrected chi connectivity index (χ1v) is 25.1. The van der Waals surface area contributed by atoms with Gasteiger partial charge in [0.15, 0.2) is 0 Å². The molecule has 0 saturated heterocycles. The fourth-order valence-corrected chi connectivity index (χ4v) is 6.97. The average Bonchev–Trinajstić information content (AvgIpc) is 3.05. The maximum absolute atomic E-state index is 10.6. The molecule has 0 atom stereocenters. The van der Waals surface area contributed by atoms with Crippen molar-refractivity contribution in [2.24, 2.45) is 0 Å². The van der Waals surface area contributed by atoms with Gasteiger partial charge in [-0.3, -0.25) is 13.7 Å². The molecule has 0 unspecified atom stereocenters. The summed E-state index contributed by atoms with van der Waals surface area (Å²) >= 11 is 0. The van der Waals surface area contributed by atoms with Gasteiger partial charge in [-0.25, -0.2) is 0 Å². The van der Waals surface area contributed by atoms with Gasteiger partial charge in [-0.15, -0.1) is 0 Å². The molecule has 0 aromatic heterocycles. The highest BCUT2D eigenvalue weighted by Gasteiger charge is 2.08. The van der Waals surface area contributed by atoms with E-state index < -0.39 is 30.4 Å². The molecule has 0 rings (SSSR count). The molecule has 0 aromatic rings. The summed E-state index contributed by atoms with van der Waals surface area (Å²) in [6.45, 7) is 10.6. The molecule has 52 heavy (non-hydrogen) atoms. The van der Waals surface area contributed by atoms with Crippen molar-refractivity contribution in [3.63, 3.8) is 0 Å². The zero-order chi connectivity index (χ0) is 40.2. The summed E-state index contributed by atoms with van der Waals surface area (Å²) in [5, 5.41) is 0. The highest BCUT2D eigenvalue weighted by Crippen LogP contribution is 2.11. The molecule has 0 aromatic carbocycles. The summed E-state index contributed by atoms with van der Waals surface area (Å²) in [4.78, 5) is 5.87. The van der Waals surface area contributed by atoms with Crippen LogP contribution < -0.4 is 0 Å². The molecule has 3 N–H and O–H groups in total. The van der Waals surface area contributed by atoms with E-state index in [2.05, 4.69) is 20.8 Å². The zero-order valence-electron chi connectivity index (χ0n) is 34.3. The maximum Gasteiger partial charge on any atom is 0.266 e. The van der Waals surface area contributed by atoms with Gasteiger partial charge in [-0.2, -0.15) is 25.3 Å². The van der Waals surface area contributed by atoms with Crippen LogP contribution in [0.2, 0.25) is 0 Å².